The van der Waals surface area contributed by atoms with Crippen LogP contribution in [0.2, 0.25) is 0 Å². The summed E-state index contributed by atoms with van der Waals surface area (Å²) in [5.41, 5.74) is 5.43. The maximum absolute atomic E-state index is 11.7. The van der Waals surface area contributed by atoms with Crippen molar-refractivity contribution in [2.24, 2.45) is 5.73 Å². The number of rotatable bonds is 6. The number of aliphatic hydroxyl groups is 1. The summed E-state index contributed by atoms with van der Waals surface area (Å²) in [6.07, 6.45) is 1.70. The van der Waals surface area contributed by atoms with Gasteiger partial charge in [0.25, 0.3) is 5.91 Å². The van der Waals surface area contributed by atoms with E-state index in [0.717, 1.165) is 0 Å². The van der Waals surface area contributed by atoms with Crippen LogP contribution in [-0.4, -0.2) is 50.3 Å². The second-order valence-electron chi connectivity index (χ2n) is 3.82. The molecule has 100 valence electrons. The topological polar surface area (TPSA) is 130 Å². The molecule has 0 saturated heterocycles. The summed E-state index contributed by atoms with van der Waals surface area (Å²) < 4.78 is 1.62. The molecule has 5 N–H and O–H groups in total. The lowest BCUT2D eigenvalue weighted by molar-refractivity contribution is -0.141. The summed E-state index contributed by atoms with van der Waals surface area (Å²) in [7, 11) is 0. The average Bonchev–Trinajstić information content (AvgIpc) is 2.73. The van der Waals surface area contributed by atoms with E-state index < -0.39 is 24.0 Å². The molecule has 0 aliphatic rings. The van der Waals surface area contributed by atoms with Crippen molar-refractivity contribution in [1.82, 2.24) is 14.9 Å². The van der Waals surface area contributed by atoms with Crippen LogP contribution >= 0.6 is 0 Å². The second-order valence-corrected chi connectivity index (χ2v) is 3.82. The van der Waals surface area contributed by atoms with Gasteiger partial charge in [-0.15, -0.1) is 0 Å². The highest BCUT2D eigenvalue weighted by Crippen LogP contribution is 1.99. The van der Waals surface area contributed by atoms with Gasteiger partial charge in [0.2, 0.25) is 0 Å². The highest BCUT2D eigenvalue weighted by atomic mass is 16.4. The molecule has 0 unspecified atom stereocenters. The number of aliphatic hydroxyl groups excluding tert-OH is 1. The first kappa shape index (κ1) is 14.1. The molecule has 0 fully saturated rings. The number of carboxylic acids is 1. The lowest BCUT2D eigenvalue weighted by atomic mass is 10.2. The van der Waals surface area contributed by atoms with Crippen LogP contribution in [0.1, 0.15) is 17.4 Å². The predicted octanol–water partition coefficient (Wildman–Crippen LogP) is -1.59. The molecule has 18 heavy (non-hydrogen) atoms. The minimum atomic E-state index is -1.36. The first-order chi connectivity index (χ1) is 8.45. The quantitative estimate of drug-likeness (QED) is 0.485. The van der Waals surface area contributed by atoms with E-state index in [4.69, 9.17) is 10.8 Å². The van der Waals surface area contributed by atoms with Crippen LogP contribution < -0.4 is 11.1 Å². The third-order valence-corrected chi connectivity index (χ3v) is 2.29. The molecule has 0 bridgehead atoms. The van der Waals surface area contributed by atoms with Gasteiger partial charge in [0.05, 0.1) is 12.4 Å². The van der Waals surface area contributed by atoms with Gasteiger partial charge in [-0.2, -0.15) is 0 Å². The Morgan fingerprint density at radius 1 is 1.61 bits per heavy atom. The Hall–Kier alpha value is -1.93. The Morgan fingerprint density at radius 3 is 2.78 bits per heavy atom. The molecule has 0 spiro atoms. The number of nitrogens with two attached hydrogens (primary N) is 1. The SMILES string of the molecule is C[C@@H](O)[C@H](NC(=O)c1cn(CCN)cn1)C(=O)O. The van der Waals surface area contributed by atoms with Crippen molar-refractivity contribution in [2.45, 2.75) is 25.6 Å². The normalized spacial score (nSPS) is 13.9. The number of hydrogen-bond acceptors (Lipinski definition) is 5. The van der Waals surface area contributed by atoms with Gasteiger partial charge < -0.3 is 25.8 Å². The lowest BCUT2D eigenvalue weighted by Crippen LogP contribution is -2.47. The van der Waals surface area contributed by atoms with Gasteiger partial charge in [0.1, 0.15) is 5.69 Å². The molecule has 0 aliphatic heterocycles. The van der Waals surface area contributed by atoms with E-state index in [1.54, 1.807) is 4.57 Å². The van der Waals surface area contributed by atoms with Crippen molar-refractivity contribution < 1.29 is 19.8 Å². The lowest BCUT2D eigenvalue weighted by Gasteiger charge is -2.16. The van der Waals surface area contributed by atoms with Crippen molar-refractivity contribution in [3.05, 3.63) is 18.2 Å². The number of aromatic nitrogens is 2. The van der Waals surface area contributed by atoms with Crippen LogP contribution in [-0.2, 0) is 11.3 Å². The first-order valence-electron chi connectivity index (χ1n) is 5.39. The summed E-state index contributed by atoms with van der Waals surface area (Å²) in [6.45, 7) is 2.20. The summed E-state index contributed by atoms with van der Waals surface area (Å²) in [6, 6.07) is -1.36. The van der Waals surface area contributed by atoms with Crippen molar-refractivity contribution in [1.29, 1.82) is 0 Å². The van der Waals surface area contributed by atoms with Crippen molar-refractivity contribution in [2.75, 3.05) is 6.54 Å². The minimum absolute atomic E-state index is 0.0790. The molecular formula is C10H16N4O4. The zero-order valence-corrected chi connectivity index (χ0v) is 9.91. The van der Waals surface area contributed by atoms with E-state index in [1.807, 2.05) is 0 Å². The molecule has 8 nitrogen and oxygen atoms in total. The smallest absolute Gasteiger partial charge is 0.328 e. The number of imidazole rings is 1. The van der Waals surface area contributed by atoms with Crippen LogP contribution in [0, 0.1) is 0 Å². The van der Waals surface area contributed by atoms with Gasteiger partial charge in [-0.05, 0) is 6.92 Å². The number of nitrogens with zero attached hydrogens (tertiary/aromatic N) is 2. The molecule has 1 aromatic rings. The Balaban J connectivity index is 2.71. The summed E-state index contributed by atoms with van der Waals surface area (Å²) in [5, 5.41) is 20.2. The number of aliphatic carboxylic acids is 1. The monoisotopic (exact) mass is 256 g/mol. The van der Waals surface area contributed by atoms with Crippen molar-refractivity contribution in [3.8, 4) is 0 Å². The zero-order chi connectivity index (χ0) is 13.7. The summed E-state index contributed by atoms with van der Waals surface area (Å²) in [5.74, 6) is -1.96. The van der Waals surface area contributed by atoms with E-state index in [-0.39, 0.29) is 5.69 Å². The number of carbonyl (C=O) groups is 2. The van der Waals surface area contributed by atoms with E-state index in [9.17, 15) is 14.7 Å². The Kier molecular flexibility index (Phi) is 4.81. The standard InChI is InChI=1S/C10H16N4O4/c1-6(15)8(10(17)18)13-9(16)7-4-14(3-2-11)5-12-7/h4-6,8,15H,2-3,11H2,1H3,(H,13,16)(H,17,18)/t6-,8+/m1/s1. The minimum Gasteiger partial charge on any atom is -0.480 e. The number of nitrogens with one attached hydrogen (secondary N) is 1. The Labute approximate surface area is 103 Å². The molecule has 1 amide bonds. The zero-order valence-electron chi connectivity index (χ0n) is 9.91. The maximum Gasteiger partial charge on any atom is 0.328 e. The van der Waals surface area contributed by atoms with Crippen LogP contribution in [0.25, 0.3) is 0 Å². The highest BCUT2D eigenvalue weighted by Gasteiger charge is 2.26. The predicted molar refractivity (Wildman–Crippen MR) is 61.9 cm³/mol. The average molecular weight is 256 g/mol. The van der Waals surface area contributed by atoms with Gasteiger partial charge in [-0.3, -0.25) is 4.79 Å². The van der Waals surface area contributed by atoms with E-state index in [0.29, 0.717) is 13.1 Å². The fourth-order valence-corrected chi connectivity index (χ4v) is 1.35. The molecule has 1 rings (SSSR count). The van der Waals surface area contributed by atoms with Crippen LogP contribution in [0.4, 0.5) is 0 Å². The van der Waals surface area contributed by atoms with Gasteiger partial charge in [0.15, 0.2) is 6.04 Å². The molecule has 1 aromatic heterocycles. The molecule has 8 heteroatoms. The summed E-state index contributed by atoms with van der Waals surface area (Å²) >= 11 is 0. The fourth-order valence-electron chi connectivity index (χ4n) is 1.35. The maximum atomic E-state index is 11.7. The molecule has 0 aliphatic carbocycles. The highest BCUT2D eigenvalue weighted by molar-refractivity contribution is 5.94. The second kappa shape index (κ2) is 6.12. The molecule has 1 heterocycles. The van der Waals surface area contributed by atoms with Crippen LogP contribution in [0.15, 0.2) is 12.5 Å². The third kappa shape index (κ3) is 3.54. The van der Waals surface area contributed by atoms with Crippen LogP contribution in [0.5, 0.6) is 0 Å². The van der Waals surface area contributed by atoms with Gasteiger partial charge in [-0.25, -0.2) is 9.78 Å². The molecular weight excluding hydrogens is 240 g/mol. The Morgan fingerprint density at radius 2 is 2.28 bits per heavy atom. The molecule has 0 saturated carbocycles. The van der Waals surface area contributed by atoms with Crippen molar-refractivity contribution >= 4 is 11.9 Å². The van der Waals surface area contributed by atoms with Gasteiger partial charge in [0, 0.05) is 19.3 Å². The molecule has 2 atom stereocenters. The number of amides is 1. The van der Waals surface area contributed by atoms with E-state index >= 15 is 0 Å². The van der Waals surface area contributed by atoms with Gasteiger partial charge >= 0.3 is 5.97 Å². The first-order valence-corrected chi connectivity index (χ1v) is 5.39. The van der Waals surface area contributed by atoms with Gasteiger partial charge in [-0.1, -0.05) is 0 Å². The largest absolute Gasteiger partial charge is 0.480 e. The van der Waals surface area contributed by atoms with Crippen molar-refractivity contribution in [3.63, 3.8) is 0 Å². The fraction of sp³-hybridized carbons (Fsp3) is 0.500. The van der Waals surface area contributed by atoms with E-state index in [1.165, 1.54) is 19.4 Å². The number of carbonyl (C=O) groups excluding carboxylic acids is 1. The Bertz CT molecular complexity index is 429. The van der Waals surface area contributed by atoms with Crippen LogP contribution in [0.3, 0.4) is 0 Å². The molecule has 0 aromatic carbocycles. The van der Waals surface area contributed by atoms with E-state index in [2.05, 4.69) is 10.3 Å². The summed E-state index contributed by atoms with van der Waals surface area (Å²) in [4.78, 5) is 26.3. The number of hydrogen-bond donors (Lipinski definition) is 4. The third-order valence-electron chi connectivity index (χ3n) is 2.29. The number of carboxylic acid groups (broad SMARTS) is 1. The molecule has 0 radical (unpaired) electrons.